The zero-order valence-corrected chi connectivity index (χ0v) is 10.3. The van der Waals surface area contributed by atoms with E-state index in [-0.39, 0.29) is 4.77 Å². The lowest BCUT2D eigenvalue weighted by molar-refractivity contribution is 0.435. The molecule has 0 aliphatic carbocycles. The first-order chi connectivity index (χ1) is 8.54. The van der Waals surface area contributed by atoms with Crippen molar-refractivity contribution in [2.45, 2.75) is 0 Å². The van der Waals surface area contributed by atoms with Gasteiger partial charge in [0.05, 0.1) is 5.69 Å². The minimum atomic E-state index is -0.835. The molecule has 0 spiro atoms. The molecule has 0 amide bonds. The Bertz CT molecular complexity index is 721. The number of aromatic hydroxyl groups is 1. The summed E-state index contributed by atoms with van der Waals surface area (Å²) < 4.78 is 1.07. The Morgan fingerprint density at radius 2 is 1.94 bits per heavy atom. The van der Waals surface area contributed by atoms with Crippen LogP contribution >= 0.6 is 23.8 Å². The van der Waals surface area contributed by atoms with Crippen molar-refractivity contribution in [2.75, 3.05) is 0 Å². The van der Waals surface area contributed by atoms with Gasteiger partial charge in [-0.3, -0.25) is 14.3 Å². The van der Waals surface area contributed by atoms with Crippen LogP contribution in [0.2, 0.25) is 5.02 Å². The maximum absolute atomic E-state index is 11.3. The zero-order chi connectivity index (χ0) is 13.3. The standard InChI is InChI=1S/C10H6ClN3O3S/c11-5-1-3-6(4-2-5)14-9(16)7(13-17)8(15)12-10(14)18/h1-4,16H,(H,12,15,18). The maximum Gasteiger partial charge on any atom is 0.285 e. The second-order valence-electron chi connectivity index (χ2n) is 3.33. The number of aromatic nitrogens is 2. The summed E-state index contributed by atoms with van der Waals surface area (Å²) in [7, 11) is 0. The summed E-state index contributed by atoms with van der Waals surface area (Å²) in [5.74, 6) is -0.610. The van der Waals surface area contributed by atoms with E-state index in [9.17, 15) is 14.8 Å². The molecule has 0 radical (unpaired) electrons. The van der Waals surface area contributed by atoms with E-state index in [1.54, 1.807) is 24.3 Å². The third-order valence-corrected chi connectivity index (χ3v) is 2.77. The third-order valence-electron chi connectivity index (χ3n) is 2.24. The Labute approximate surface area is 110 Å². The average molecular weight is 284 g/mol. The maximum atomic E-state index is 11.3. The van der Waals surface area contributed by atoms with Crippen LogP contribution in [0.3, 0.4) is 0 Å². The fourth-order valence-corrected chi connectivity index (χ4v) is 1.84. The fraction of sp³-hybridized carbons (Fsp3) is 0. The number of hydrogen-bond donors (Lipinski definition) is 2. The monoisotopic (exact) mass is 283 g/mol. The second-order valence-corrected chi connectivity index (χ2v) is 4.16. The van der Waals surface area contributed by atoms with Crippen LogP contribution in [0.4, 0.5) is 5.69 Å². The molecule has 1 heterocycles. The van der Waals surface area contributed by atoms with E-state index in [0.29, 0.717) is 10.7 Å². The van der Waals surface area contributed by atoms with Crippen LogP contribution < -0.4 is 5.56 Å². The Hall–Kier alpha value is -1.99. The normalized spacial score (nSPS) is 10.3. The quantitative estimate of drug-likeness (QED) is 0.655. The van der Waals surface area contributed by atoms with Crippen molar-refractivity contribution in [2.24, 2.45) is 5.18 Å². The molecule has 2 aromatic rings. The lowest BCUT2D eigenvalue weighted by Gasteiger charge is -2.09. The molecule has 92 valence electrons. The largest absolute Gasteiger partial charge is 0.492 e. The number of halogens is 1. The number of nitroso groups, excluding NO2 is 1. The molecule has 6 nitrogen and oxygen atoms in total. The molecule has 0 atom stereocenters. The predicted molar refractivity (Wildman–Crippen MR) is 69.4 cm³/mol. The molecule has 0 aliphatic rings. The van der Waals surface area contributed by atoms with Crippen LogP contribution in [-0.2, 0) is 0 Å². The van der Waals surface area contributed by atoms with E-state index in [1.165, 1.54) is 0 Å². The molecule has 0 saturated carbocycles. The van der Waals surface area contributed by atoms with Gasteiger partial charge >= 0.3 is 0 Å². The summed E-state index contributed by atoms with van der Waals surface area (Å²) in [4.78, 5) is 24.1. The number of aromatic amines is 1. The first-order valence-electron chi connectivity index (χ1n) is 4.72. The Morgan fingerprint density at radius 1 is 1.33 bits per heavy atom. The first kappa shape index (κ1) is 12.5. The molecule has 0 bridgehead atoms. The van der Waals surface area contributed by atoms with Crippen LogP contribution in [0, 0.1) is 9.68 Å². The van der Waals surface area contributed by atoms with Crippen molar-refractivity contribution in [3.05, 3.63) is 49.3 Å². The van der Waals surface area contributed by atoms with Crippen molar-refractivity contribution in [1.29, 1.82) is 0 Å². The van der Waals surface area contributed by atoms with Crippen LogP contribution in [0.1, 0.15) is 0 Å². The highest BCUT2D eigenvalue weighted by Gasteiger charge is 2.14. The fourth-order valence-electron chi connectivity index (χ4n) is 1.43. The number of nitrogens with zero attached hydrogens (tertiary/aromatic N) is 2. The highest BCUT2D eigenvalue weighted by molar-refractivity contribution is 7.71. The molecular formula is C10H6ClN3O3S. The molecule has 1 aromatic heterocycles. The van der Waals surface area contributed by atoms with Crippen LogP contribution in [-0.4, -0.2) is 14.7 Å². The molecule has 0 saturated heterocycles. The predicted octanol–water partition coefficient (Wildman–Crippen LogP) is 2.65. The third kappa shape index (κ3) is 2.05. The molecule has 0 unspecified atom stereocenters. The van der Waals surface area contributed by atoms with Gasteiger partial charge in [0.15, 0.2) is 4.77 Å². The molecule has 8 heteroatoms. The molecule has 0 fully saturated rings. The lowest BCUT2D eigenvalue weighted by Crippen LogP contribution is -2.12. The van der Waals surface area contributed by atoms with E-state index in [0.717, 1.165) is 4.57 Å². The van der Waals surface area contributed by atoms with E-state index in [2.05, 4.69) is 10.2 Å². The zero-order valence-electron chi connectivity index (χ0n) is 8.75. The number of nitrogens with one attached hydrogen (secondary N) is 1. The van der Waals surface area contributed by atoms with Crippen molar-refractivity contribution < 1.29 is 5.11 Å². The van der Waals surface area contributed by atoms with Crippen LogP contribution in [0.25, 0.3) is 5.69 Å². The van der Waals surface area contributed by atoms with Gasteiger partial charge in [0.25, 0.3) is 5.56 Å². The minimum absolute atomic E-state index is 0.0489. The highest BCUT2D eigenvalue weighted by atomic mass is 35.5. The number of H-pyrrole nitrogens is 1. The molecule has 1 aromatic carbocycles. The summed E-state index contributed by atoms with van der Waals surface area (Å²) in [5, 5.41) is 12.8. The average Bonchev–Trinajstić information content (AvgIpc) is 2.31. The van der Waals surface area contributed by atoms with Crippen molar-refractivity contribution in [3.63, 3.8) is 0 Å². The highest BCUT2D eigenvalue weighted by Crippen LogP contribution is 2.25. The van der Waals surface area contributed by atoms with Gasteiger partial charge in [0, 0.05) is 5.02 Å². The number of hydrogen-bond acceptors (Lipinski definition) is 5. The van der Waals surface area contributed by atoms with E-state index >= 15 is 0 Å². The van der Waals surface area contributed by atoms with Gasteiger partial charge in [0.2, 0.25) is 11.6 Å². The van der Waals surface area contributed by atoms with Gasteiger partial charge in [-0.2, -0.15) is 0 Å². The molecule has 0 aliphatic heterocycles. The van der Waals surface area contributed by atoms with Gasteiger partial charge < -0.3 is 5.11 Å². The van der Waals surface area contributed by atoms with Crippen molar-refractivity contribution in [3.8, 4) is 11.6 Å². The summed E-state index contributed by atoms with van der Waals surface area (Å²) in [5.41, 5.74) is -1.01. The topological polar surface area (TPSA) is 87.4 Å². The molecule has 2 N–H and O–H groups in total. The van der Waals surface area contributed by atoms with E-state index in [4.69, 9.17) is 23.8 Å². The van der Waals surface area contributed by atoms with E-state index < -0.39 is 17.1 Å². The summed E-state index contributed by atoms with van der Waals surface area (Å²) in [6, 6.07) is 6.31. The van der Waals surface area contributed by atoms with Crippen LogP contribution in [0.15, 0.2) is 34.2 Å². The summed E-state index contributed by atoms with van der Waals surface area (Å²) >= 11 is 10.7. The Balaban J connectivity index is 2.79. The first-order valence-corrected chi connectivity index (χ1v) is 5.51. The molecular weight excluding hydrogens is 278 g/mol. The van der Waals surface area contributed by atoms with Crippen molar-refractivity contribution in [1.82, 2.24) is 9.55 Å². The van der Waals surface area contributed by atoms with Crippen molar-refractivity contribution >= 4 is 29.5 Å². The number of benzene rings is 1. The number of rotatable bonds is 2. The van der Waals surface area contributed by atoms with Gasteiger partial charge in [-0.1, -0.05) is 11.6 Å². The SMILES string of the molecule is O=Nc1c(O)n(-c2ccc(Cl)cc2)c(=S)[nH]c1=O. The summed E-state index contributed by atoms with van der Waals surface area (Å²) in [6.07, 6.45) is 0. The molecule has 18 heavy (non-hydrogen) atoms. The summed E-state index contributed by atoms with van der Waals surface area (Å²) in [6.45, 7) is 0. The Morgan fingerprint density at radius 3 is 2.50 bits per heavy atom. The smallest absolute Gasteiger partial charge is 0.285 e. The van der Waals surface area contributed by atoms with Gasteiger partial charge in [-0.05, 0) is 41.7 Å². The van der Waals surface area contributed by atoms with Crippen LogP contribution in [0.5, 0.6) is 5.88 Å². The van der Waals surface area contributed by atoms with Gasteiger partial charge in [0.1, 0.15) is 0 Å². The Kier molecular flexibility index (Phi) is 3.26. The van der Waals surface area contributed by atoms with Gasteiger partial charge in [-0.15, -0.1) is 4.91 Å². The van der Waals surface area contributed by atoms with E-state index in [1.807, 2.05) is 0 Å². The second kappa shape index (κ2) is 4.71. The minimum Gasteiger partial charge on any atom is -0.492 e. The lowest BCUT2D eigenvalue weighted by atomic mass is 10.3. The molecule has 2 rings (SSSR count). The van der Waals surface area contributed by atoms with Gasteiger partial charge in [-0.25, -0.2) is 0 Å².